The molecule has 7 nitrogen and oxygen atoms in total. The Morgan fingerprint density at radius 1 is 1.14 bits per heavy atom. The van der Waals surface area contributed by atoms with Crippen LogP contribution in [0.3, 0.4) is 0 Å². The summed E-state index contributed by atoms with van der Waals surface area (Å²) >= 11 is 1.32. The van der Waals surface area contributed by atoms with E-state index in [1.807, 2.05) is 0 Å². The molecule has 28 heavy (non-hydrogen) atoms. The van der Waals surface area contributed by atoms with Crippen LogP contribution in [0.1, 0.15) is 53.7 Å². The van der Waals surface area contributed by atoms with Crippen molar-refractivity contribution in [1.82, 2.24) is 10.2 Å². The van der Waals surface area contributed by atoms with Crippen LogP contribution < -0.4 is 5.32 Å². The summed E-state index contributed by atoms with van der Waals surface area (Å²) in [5, 5.41) is 12.0. The first-order valence-electron chi connectivity index (χ1n) is 8.93. The zero-order valence-electron chi connectivity index (χ0n) is 15.6. The van der Waals surface area contributed by atoms with E-state index in [2.05, 4.69) is 29.4 Å². The van der Waals surface area contributed by atoms with Crippen LogP contribution in [0.2, 0.25) is 0 Å². The summed E-state index contributed by atoms with van der Waals surface area (Å²) in [7, 11) is -3.59. The lowest BCUT2D eigenvalue weighted by molar-refractivity contribution is 0.0995. The fourth-order valence-corrected chi connectivity index (χ4v) is 5.19. The topological polar surface area (TPSA) is 102 Å². The van der Waals surface area contributed by atoms with E-state index in [-0.39, 0.29) is 16.4 Å². The van der Waals surface area contributed by atoms with Gasteiger partial charge >= 0.3 is 0 Å². The number of hydrogen-bond donors (Lipinski definition) is 1. The Hall–Kier alpha value is -2.52. The van der Waals surface area contributed by atoms with Crippen LogP contribution in [-0.4, -0.2) is 24.5 Å². The van der Waals surface area contributed by atoms with Crippen LogP contribution in [0.4, 0.5) is 5.13 Å². The number of amides is 1. The Bertz CT molecular complexity index is 1040. The van der Waals surface area contributed by atoms with Gasteiger partial charge in [0.1, 0.15) is 5.01 Å². The van der Waals surface area contributed by atoms with Gasteiger partial charge in [0.25, 0.3) is 5.91 Å². The quantitative estimate of drug-likeness (QED) is 0.585. The van der Waals surface area contributed by atoms with Crippen LogP contribution in [0.5, 0.6) is 0 Å². The predicted molar refractivity (Wildman–Crippen MR) is 107 cm³/mol. The van der Waals surface area contributed by atoms with Crippen LogP contribution in [0.15, 0.2) is 52.0 Å². The fourth-order valence-electron chi connectivity index (χ4n) is 2.81. The molecule has 3 aromatic rings. The Labute approximate surface area is 167 Å². The van der Waals surface area contributed by atoms with Crippen LogP contribution in [0.25, 0.3) is 0 Å². The number of nitrogens with one attached hydrogen (secondary N) is 1. The highest BCUT2D eigenvalue weighted by Crippen LogP contribution is 2.28. The number of carbonyl (C=O) groups is 1. The van der Waals surface area contributed by atoms with Gasteiger partial charge < -0.3 is 4.42 Å². The van der Waals surface area contributed by atoms with E-state index in [1.54, 1.807) is 18.2 Å². The standard InChI is InChI=1S/C19H21N3O4S2/c1-3-13(4-2)18-21-22-19(27-18)20-17(23)16-14(10-11-26-16)12-28(24,25)15-8-6-5-7-9-15/h5-11,13H,3-4,12H2,1-2H3,(H,20,22,23). The second-order valence-electron chi connectivity index (χ2n) is 6.26. The number of carbonyl (C=O) groups excluding carboxylic acids is 1. The highest BCUT2D eigenvalue weighted by atomic mass is 32.2. The molecule has 1 N–H and O–H groups in total. The number of benzene rings is 1. The van der Waals surface area contributed by atoms with Crippen LogP contribution in [0, 0.1) is 0 Å². The molecule has 0 saturated carbocycles. The third-order valence-electron chi connectivity index (χ3n) is 4.40. The molecule has 0 unspecified atom stereocenters. The molecule has 0 bridgehead atoms. The molecule has 2 heterocycles. The van der Waals surface area contributed by atoms with Crippen LogP contribution >= 0.6 is 11.3 Å². The second kappa shape index (κ2) is 8.66. The number of rotatable bonds is 8. The van der Waals surface area contributed by atoms with Crippen molar-refractivity contribution >= 4 is 32.2 Å². The number of sulfone groups is 1. The van der Waals surface area contributed by atoms with Crippen molar-refractivity contribution in [1.29, 1.82) is 0 Å². The van der Waals surface area contributed by atoms with E-state index in [4.69, 9.17) is 4.42 Å². The lowest BCUT2D eigenvalue weighted by atomic mass is 10.1. The van der Waals surface area contributed by atoms with Gasteiger partial charge in [-0.05, 0) is 31.0 Å². The maximum absolute atomic E-state index is 12.6. The molecule has 0 fully saturated rings. The molecule has 0 atom stereocenters. The van der Waals surface area contributed by atoms with E-state index in [0.717, 1.165) is 17.8 Å². The second-order valence-corrected chi connectivity index (χ2v) is 9.26. The first-order chi connectivity index (χ1) is 13.4. The van der Waals surface area contributed by atoms with E-state index < -0.39 is 15.7 Å². The average Bonchev–Trinajstić information content (AvgIpc) is 3.33. The number of nitrogens with zero attached hydrogens (tertiary/aromatic N) is 2. The van der Waals surface area contributed by atoms with Gasteiger partial charge in [-0.1, -0.05) is 43.4 Å². The number of aromatic nitrogens is 2. The van der Waals surface area contributed by atoms with Gasteiger partial charge in [0.15, 0.2) is 15.6 Å². The molecule has 0 aliphatic carbocycles. The maximum Gasteiger partial charge on any atom is 0.293 e. The molecule has 0 aliphatic rings. The molecule has 3 rings (SSSR count). The zero-order chi connectivity index (χ0) is 20.1. The zero-order valence-corrected chi connectivity index (χ0v) is 17.2. The van der Waals surface area contributed by atoms with E-state index >= 15 is 0 Å². The smallest absolute Gasteiger partial charge is 0.293 e. The van der Waals surface area contributed by atoms with Gasteiger partial charge in [0, 0.05) is 11.5 Å². The Balaban J connectivity index is 1.76. The van der Waals surface area contributed by atoms with Gasteiger partial charge in [0.2, 0.25) is 5.13 Å². The van der Waals surface area contributed by atoms with Crippen LogP contribution in [-0.2, 0) is 15.6 Å². The molecule has 148 valence electrons. The summed E-state index contributed by atoms with van der Waals surface area (Å²) in [4.78, 5) is 12.8. The molecular weight excluding hydrogens is 398 g/mol. The Morgan fingerprint density at radius 3 is 2.54 bits per heavy atom. The Morgan fingerprint density at radius 2 is 1.86 bits per heavy atom. The highest BCUT2D eigenvalue weighted by Gasteiger charge is 2.23. The summed E-state index contributed by atoms with van der Waals surface area (Å²) in [5.74, 6) is -0.613. The summed E-state index contributed by atoms with van der Waals surface area (Å²) in [5.41, 5.74) is 0.297. The minimum Gasteiger partial charge on any atom is -0.459 e. The first-order valence-corrected chi connectivity index (χ1v) is 11.4. The molecular formula is C19H21N3O4S2. The molecule has 0 radical (unpaired) electrons. The Kier molecular flexibility index (Phi) is 6.25. The van der Waals surface area contributed by atoms with E-state index in [9.17, 15) is 13.2 Å². The lowest BCUT2D eigenvalue weighted by Gasteiger charge is -2.06. The lowest BCUT2D eigenvalue weighted by Crippen LogP contribution is -2.14. The average molecular weight is 420 g/mol. The largest absolute Gasteiger partial charge is 0.459 e. The molecule has 2 aromatic heterocycles. The van der Waals surface area contributed by atoms with Gasteiger partial charge in [-0.3, -0.25) is 10.1 Å². The summed E-state index contributed by atoms with van der Waals surface area (Å²) < 4.78 is 30.4. The summed E-state index contributed by atoms with van der Waals surface area (Å²) in [6, 6.07) is 9.59. The van der Waals surface area contributed by atoms with Crippen molar-refractivity contribution in [3.05, 3.63) is 59.0 Å². The van der Waals surface area contributed by atoms with Crippen molar-refractivity contribution in [2.45, 2.75) is 43.3 Å². The van der Waals surface area contributed by atoms with Crippen molar-refractivity contribution in [2.75, 3.05) is 5.32 Å². The van der Waals surface area contributed by atoms with Crippen molar-refractivity contribution in [3.8, 4) is 0 Å². The normalized spacial score (nSPS) is 11.7. The minimum atomic E-state index is -3.59. The van der Waals surface area contributed by atoms with Crippen molar-refractivity contribution < 1.29 is 17.6 Å². The minimum absolute atomic E-state index is 0.0428. The monoisotopic (exact) mass is 419 g/mol. The SMILES string of the molecule is CCC(CC)c1nnc(NC(=O)c2occc2CS(=O)(=O)c2ccccc2)s1. The van der Waals surface area contributed by atoms with Gasteiger partial charge in [-0.2, -0.15) is 0 Å². The molecule has 0 spiro atoms. The van der Waals surface area contributed by atoms with Crippen molar-refractivity contribution in [3.63, 3.8) is 0 Å². The van der Waals surface area contributed by atoms with Gasteiger partial charge in [-0.25, -0.2) is 8.42 Å². The summed E-state index contributed by atoms with van der Waals surface area (Å²) in [6.45, 7) is 4.16. The highest BCUT2D eigenvalue weighted by molar-refractivity contribution is 7.90. The van der Waals surface area contributed by atoms with Gasteiger partial charge in [0.05, 0.1) is 16.9 Å². The summed E-state index contributed by atoms with van der Waals surface area (Å²) in [6.07, 6.45) is 3.19. The number of hydrogen-bond acceptors (Lipinski definition) is 7. The first kappa shape index (κ1) is 20.2. The van der Waals surface area contributed by atoms with E-state index in [1.165, 1.54) is 35.8 Å². The van der Waals surface area contributed by atoms with Crippen molar-refractivity contribution in [2.24, 2.45) is 0 Å². The fraction of sp³-hybridized carbons (Fsp3) is 0.316. The molecule has 9 heteroatoms. The van der Waals surface area contributed by atoms with Gasteiger partial charge in [-0.15, -0.1) is 10.2 Å². The third-order valence-corrected chi connectivity index (χ3v) is 7.08. The molecule has 1 aromatic carbocycles. The van der Waals surface area contributed by atoms with E-state index in [0.29, 0.717) is 16.6 Å². The number of furan rings is 1. The molecule has 0 aliphatic heterocycles. The molecule has 0 saturated heterocycles. The third kappa shape index (κ3) is 4.48. The number of anilines is 1. The molecule has 1 amide bonds. The predicted octanol–water partition coefficient (Wildman–Crippen LogP) is 4.26. The maximum atomic E-state index is 12.6.